The van der Waals surface area contributed by atoms with Gasteiger partial charge in [-0.2, -0.15) is 4.31 Å². The van der Waals surface area contributed by atoms with Crippen LogP contribution in [0.3, 0.4) is 0 Å². The normalized spacial score (nSPS) is 18.8. The van der Waals surface area contributed by atoms with E-state index in [0.717, 1.165) is 25.7 Å². The van der Waals surface area contributed by atoms with E-state index in [-0.39, 0.29) is 10.8 Å². The Morgan fingerprint density at radius 2 is 1.92 bits per heavy atom. The topological polar surface area (TPSA) is 66.5 Å². The van der Waals surface area contributed by atoms with Crippen LogP contribution in [-0.2, 0) is 10.0 Å². The van der Waals surface area contributed by atoms with Crippen LogP contribution < -0.4 is 5.32 Å². The van der Waals surface area contributed by atoms with Crippen LogP contribution in [0.1, 0.15) is 54.4 Å². The fourth-order valence-electron chi connectivity index (χ4n) is 3.45. The van der Waals surface area contributed by atoms with Gasteiger partial charge in [-0.15, -0.1) is 0 Å². The van der Waals surface area contributed by atoms with Crippen molar-refractivity contribution in [3.63, 3.8) is 0 Å². The fraction of sp³-hybridized carbons (Fsp3) is 0.526. The molecule has 2 aliphatic rings. The van der Waals surface area contributed by atoms with Crippen molar-refractivity contribution in [3.8, 4) is 0 Å². The van der Waals surface area contributed by atoms with Crippen LogP contribution in [0, 0.1) is 6.92 Å². The van der Waals surface area contributed by atoms with Crippen molar-refractivity contribution < 1.29 is 13.2 Å². The summed E-state index contributed by atoms with van der Waals surface area (Å²) in [5.74, 6) is -0.218. The summed E-state index contributed by atoms with van der Waals surface area (Å²) in [5.41, 5.74) is 2.34. The van der Waals surface area contributed by atoms with Gasteiger partial charge in [-0.1, -0.05) is 17.7 Å². The first kappa shape index (κ1) is 18.1. The number of rotatable bonds is 5. The molecule has 1 N–H and O–H groups in total. The summed E-state index contributed by atoms with van der Waals surface area (Å²) in [6.07, 6.45) is 8.48. The Balaban J connectivity index is 1.76. The number of hydrogen-bond acceptors (Lipinski definition) is 3. The maximum atomic E-state index is 12.8. The van der Waals surface area contributed by atoms with Gasteiger partial charge in [0.1, 0.15) is 0 Å². The number of nitrogens with one attached hydrogen (secondary N) is 1. The molecule has 0 unspecified atom stereocenters. The highest BCUT2D eigenvalue weighted by Gasteiger charge is 2.29. The van der Waals surface area contributed by atoms with Crippen LogP contribution in [-0.4, -0.2) is 38.3 Å². The molecule has 0 atom stereocenters. The first-order valence-electron chi connectivity index (χ1n) is 9.05. The average Bonchev–Trinajstić information content (AvgIpc) is 3.16. The van der Waals surface area contributed by atoms with E-state index in [1.807, 2.05) is 0 Å². The highest BCUT2D eigenvalue weighted by molar-refractivity contribution is 7.89. The number of carbonyl (C=O) groups excluding carboxylic acids is 1. The van der Waals surface area contributed by atoms with Crippen LogP contribution in [0.2, 0.25) is 0 Å². The predicted octanol–water partition coefficient (Wildman–Crippen LogP) is 3.01. The number of allylic oxidation sites excluding steroid dienone is 1. The van der Waals surface area contributed by atoms with E-state index in [9.17, 15) is 13.2 Å². The standard InChI is InChI=1S/C19H26N2O3S/c1-15-9-10-17(19(22)20-14-16-7-3-2-4-8-16)13-18(15)25(23,24)21-11-5-6-12-21/h7,9-10,13H,2-6,8,11-12,14H2,1H3,(H,20,22). The molecule has 0 bridgehead atoms. The second-order valence-corrected chi connectivity index (χ2v) is 8.79. The number of aryl methyl sites for hydroxylation is 1. The van der Waals surface area contributed by atoms with Crippen molar-refractivity contribution >= 4 is 15.9 Å². The van der Waals surface area contributed by atoms with Crippen molar-refractivity contribution in [1.29, 1.82) is 0 Å². The van der Waals surface area contributed by atoms with E-state index in [2.05, 4.69) is 11.4 Å². The summed E-state index contributed by atoms with van der Waals surface area (Å²) in [4.78, 5) is 12.7. The molecule has 6 heteroatoms. The van der Waals surface area contributed by atoms with Gasteiger partial charge in [0, 0.05) is 25.2 Å². The summed E-state index contributed by atoms with van der Waals surface area (Å²) in [7, 11) is -3.52. The number of amides is 1. The predicted molar refractivity (Wildman–Crippen MR) is 98.1 cm³/mol. The smallest absolute Gasteiger partial charge is 0.251 e. The summed E-state index contributed by atoms with van der Waals surface area (Å²) in [6.45, 7) is 3.44. The molecule has 3 rings (SSSR count). The third-order valence-corrected chi connectivity index (χ3v) is 7.03. The lowest BCUT2D eigenvalue weighted by atomic mass is 9.99. The zero-order chi connectivity index (χ0) is 17.9. The zero-order valence-corrected chi connectivity index (χ0v) is 15.6. The van der Waals surface area contributed by atoms with E-state index in [0.29, 0.717) is 30.8 Å². The summed E-state index contributed by atoms with van der Waals surface area (Å²) in [6, 6.07) is 4.94. The van der Waals surface area contributed by atoms with Crippen molar-refractivity contribution in [2.45, 2.75) is 50.3 Å². The van der Waals surface area contributed by atoms with Crippen LogP contribution in [0.15, 0.2) is 34.7 Å². The van der Waals surface area contributed by atoms with Crippen LogP contribution in [0.4, 0.5) is 0 Å². The van der Waals surface area contributed by atoms with Crippen LogP contribution in [0.25, 0.3) is 0 Å². The molecule has 1 aromatic rings. The van der Waals surface area contributed by atoms with Crippen molar-refractivity contribution in [3.05, 3.63) is 41.0 Å². The Morgan fingerprint density at radius 3 is 2.60 bits per heavy atom. The lowest BCUT2D eigenvalue weighted by Crippen LogP contribution is -2.29. The SMILES string of the molecule is Cc1ccc(C(=O)NCC2=CCCCC2)cc1S(=O)(=O)N1CCCC1. The molecule has 1 heterocycles. The lowest BCUT2D eigenvalue weighted by Gasteiger charge is -2.18. The van der Waals surface area contributed by atoms with E-state index in [1.54, 1.807) is 19.1 Å². The van der Waals surface area contributed by atoms with Crippen molar-refractivity contribution in [2.75, 3.05) is 19.6 Å². The maximum absolute atomic E-state index is 12.8. The molecular weight excluding hydrogens is 336 g/mol. The quantitative estimate of drug-likeness (QED) is 0.819. The van der Waals surface area contributed by atoms with Gasteiger partial charge in [0.2, 0.25) is 10.0 Å². The Morgan fingerprint density at radius 1 is 1.16 bits per heavy atom. The first-order chi connectivity index (χ1) is 12.0. The summed E-state index contributed by atoms with van der Waals surface area (Å²) >= 11 is 0. The molecule has 1 amide bonds. The molecule has 0 spiro atoms. The van der Waals surface area contributed by atoms with Gasteiger partial charge in [0.15, 0.2) is 0 Å². The number of sulfonamides is 1. The average molecular weight is 362 g/mol. The second-order valence-electron chi connectivity index (χ2n) is 6.88. The van der Waals surface area contributed by atoms with E-state index >= 15 is 0 Å². The summed E-state index contributed by atoms with van der Waals surface area (Å²) < 4.78 is 27.2. The molecular formula is C19H26N2O3S. The number of benzene rings is 1. The number of nitrogens with zero attached hydrogens (tertiary/aromatic N) is 1. The molecule has 1 aliphatic heterocycles. The molecule has 25 heavy (non-hydrogen) atoms. The van der Waals surface area contributed by atoms with Gasteiger partial charge >= 0.3 is 0 Å². The third-order valence-electron chi connectivity index (χ3n) is 4.99. The van der Waals surface area contributed by atoms with Crippen LogP contribution in [0.5, 0.6) is 0 Å². The summed E-state index contributed by atoms with van der Waals surface area (Å²) in [5, 5.41) is 2.92. The van der Waals surface area contributed by atoms with Gasteiger partial charge in [0.05, 0.1) is 4.90 Å². The monoisotopic (exact) mass is 362 g/mol. The molecule has 0 aromatic heterocycles. The second kappa shape index (κ2) is 7.70. The van der Waals surface area contributed by atoms with E-state index < -0.39 is 10.0 Å². The number of hydrogen-bond donors (Lipinski definition) is 1. The molecule has 1 aromatic carbocycles. The number of carbonyl (C=O) groups is 1. The van der Waals surface area contributed by atoms with Gasteiger partial charge in [0.25, 0.3) is 5.91 Å². The minimum absolute atomic E-state index is 0.218. The highest BCUT2D eigenvalue weighted by atomic mass is 32.2. The Bertz CT molecular complexity index is 778. The maximum Gasteiger partial charge on any atom is 0.251 e. The Labute approximate surface area is 150 Å². The molecule has 1 fully saturated rings. The van der Waals surface area contributed by atoms with Gasteiger partial charge in [-0.05, 0) is 63.1 Å². The third kappa shape index (κ3) is 4.12. The molecule has 0 radical (unpaired) electrons. The molecule has 1 aliphatic carbocycles. The first-order valence-corrected chi connectivity index (χ1v) is 10.5. The highest BCUT2D eigenvalue weighted by Crippen LogP contribution is 2.24. The Kier molecular flexibility index (Phi) is 5.59. The zero-order valence-electron chi connectivity index (χ0n) is 14.8. The van der Waals surface area contributed by atoms with Crippen molar-refractivity contribution in [1.82, 2.24) is 9.62 Å². The van der Waals surface area contributed by atoms with Gasteiger partial charge in [-0.25, -0.2) is 8.42 Å². The van der Waals surface area contributed by atoms with Gasteiger partial charge in [-0.3, -0.25) is 4.79 Å². The van der Waals surface area contributed by atoms with Crippen LogP contribution >= 0.6 is 0 Å². The molecule has 0 saturated carbocycles. The minimum atomic E-state index is -3.52. The van der Waals surface area contributed by atoms with Gasteiger partial charge < -0.3 is 5.32 Å². The fourth-order valence-corrected chi connectivity index (χ4v) is 5.22. The molecule has 5 nitrogen and oxygen atoms in total. The molecule has 136 valence electrons. The van der Waals surface area contributed by atoms with E-state index in [4.69, 9.17) is 0 Å². The lowest BCUT2D eigenvalue weighted by molar-refractivity contribution is 0.0956. The molecule has 1 saturated heterocycles. The van der Waals surface area contributed by atoms with Crippen molar-refractivity contribution in [2.24, 2.45) is 0 Å². The minimum Gasteiger partial charge on any atom is -0.348 e. The Hall–Kier alpha value is -1.66. The largest absolute Gasteiger partial charge is 0.348 e. The van der Waals surface area contributed by atoms with E-state index in [1.165, 1.54) is 28.8 Å².